The predicted molar refractivity (Wildman–Crippen MR) is 111 cm³/mol. The number of rotatable bonds is 4. The molecule has 3 N–H and O–H groups in total. The van der Waals surface area contributed by atoms with Gasteiger partial charge in [-0.1, -0.05) is 35.9 Å². The molecule has 2 heterocycles. The van der Waals surface area contributed by atoms with Crippen molar-refractivity contribution < 1.29 is 9.90 Å². The van der Waals surface area contributed by atoms with Crippen LogP contribution in [0.5, 0.6) is 5.75 Å². The molecular weight excluding hydrogens is 392 g/mol. The first-order chi connectivity index (χ1) is 13.9. The molecule has 0 aliphatic carbocycles. The number of hydrogen-bond donors (Lipinski definition) is 3. The van der Waals surface area contributed by atoms with Gasteiger partial charge >= 0.3 is 0 Å². The second-order valence-corrected chi connectivity index (χ2v) is 7.08. The molecule has 0 fully saturated rings. The van der Waals surface area contributed by atoms with E-state index in [4.69, 9.17) is 11.6 Å². The number of carbonyl (C=O) groups is 1. The maximum absolute atomic E-state index is 12.6. The van der Waals surface area contributed by atoms with Gasteiger partial charge in [-0.25, -0.2) is 4.68 Å². The highest BCUT2D eigenvalue weighted by Gasteiger charge is 2.21. The molecule has 0 saturated carbocycles. The van der Waals surface area contributed by atoms with E-state index in [-0.39, 0.29) is 17.5 Å². The third-order valence-corrected chi connectivity index (χ3v) is 4.77. The van der Waals surface area contributed by atoms with Gasteiger partial charge in [0, 0.05) is 11.6 Å². The van der Waals surface area contributed by atoms with Crippen molar-refractivity contribution in [2.75, 3.05) is 0 Å². The van der Waals surface area contributed by atoms with Gasteiger partial charge in [0.1, 0.15) is 17.0 Å². The van der Waals surface area contributed by atoms with Crippen LogP contribution in [0.15, 0.2) is 59.5 Å². The van der Waals surface area contributed by atoms with E-state index in [1.165, 1.54) is 10.9 Å². The number of aromatic hydroxyl groups is 1. The van der Waals surface area contributed by atoms with Gasteiger partial charge in [-0.2, -0.15) is 5.10 Å². The SMILES string of the molecule is Cc1cccc(-n2ncc3c(O)c(C(=O)NCc4cccc(Cl)c4)c(=O)[nH]c32)c1. The summed E-state index contributed by atoms with van der Waals surface area (Å²) in [6.07, 6.45) is 1.41. The van der Waals surface area contributed by atoms with E-state index in [1.54, 1.807) is 24.3 Å². The molecule has 29 heavy (non-hydrogen) atoms. The fourth-order valence-corrected chi connectivity index (χ4v) is 3.35. The molecule has 146 valence electrons. The first-order valence-corrected chi connectivity index (χ1v) is 9.24. The van der Waals surface area contributed by atoms with Crippen molar-refractivity contribution in [3.8, 4) is 11.4 Å². The van der Waals surface area contributed by atoms with Gasteiger partial charge < -0.3 is 15.4 Å². The second-order valence-electron chi connectivity index (χ2n) is 6.65. The molecule has 0 saturated heterocycles. The number of fused-ring (bicyclic) bond motifs is 1. The number of nitrogens with one attached hydrogen (secondary N) is 2. The molecule has 0 aliphatic heterocycles. The van der Waals surface area contributed by atoms with Crippen LogP contribution in [0.1, 0.15) is 21.5 Å². The Bertz CT molecular complexity index is 1290. The van der Waals surface area contributed by atoms with Crippen molar-refractivity contribution in [1.29, 1.82) is 0 Å². The number of aromatic nitrogens is 3. The van der Waals surface area contributed by atoms with Crippen molar-refractivity contribution in [3.05, 3.63) is 86.8 Å². The fraction of sp³-hybridized carbons (Fsp3) is 0.0952. The minimum absolute atomic E-state index is 0.166. The first-order valence-electron chi connectivity index (χ1n) is 8.86. The number of amides is 1. The topological polar surface area (TPSA) is 100 Å². The van der Waals surface area contributed by atoms with Crippen LogP contribution in [0, 0.1) is 6.92 Å². The molecule has 0 radical (unpaired) electrons. The predicted octanol–water partition coefficient (Wildman–Crippen LogP) is 3.31. The van der Waals surface area contributed by atoms with Crippen LogP contribution in [0.4, 0.5) is 0 Å². The van der Waals surface area contributed by atoms with Gasteiger partial charge in [0.15, 0.2) is 0 Å². The second kappa shape index (κ2) is 7.44. The molecule has 0 unspecified atom stereocenters. The van der Waals surface area contributed by atoms with Crippen molar-refractivity contribution >= 4 is 28.5 Å². The Balaban J connectivity index is 1.69. The number of hydrogen-bond acceptors (Lipinski definition) is 4. The Labute approximate surface area is 170 Å². The van der Waals surface area contributed by atoms with Crippen LogP contribution in [-0.2, 0) is 6.54 Å². The maximum Gasteiger partial charge on any atom is 0.266 e. The molecule has 0 bridgehead atoms. The number of pyridine rings is 1. The quantitative estimate of drug-likeness (QED) is 0.482. The van der Waals surface area contributed by atoms with E-state index in [9.17, 15) is 14.7 Å². The summed E-state index contributed by atoms with van der Waals surface area (Å²) in [6, 6.07) is 14.5. The number of benzene rings is 2. The summed E-state index contributed by atoms with van der Waals surface area (Å²) in [7, 11) is 0. The average Bonchev–Trinajstić information content (AvgIpc) is 3.10. The molecule has 7 nitrogen and oxygen atoms in total. The number of H-pyrrole nitrogens is 1. The number of halogens is 1. The molecule has 0 aliphatic rings. The van der Waals surface area contributed by atoms with Crippen molar-refractivity contribution in [3.63, 3.8) is 0 Å². The minimum atomic E-state index is -0.701. The standard InChI is InChI=1S/C21H17ClN4O3/c1-12-4-2-7-15(8-12)26-19-16(11-24-26)18(27)17(21(29)25-19)20(28)23-10-13-5-3-6-14(22)9-13/h2-9,11H,10H2,1H3,(H,23,28)(H2,25,27,29). The van der Waals surface area contributed by atoms with Gasteiger partial charge in [0.25, 0.3) is 11.5 Å². The minimum Gasteiger partial charge on any atom is -0.506 e. The normalized spacial score (nSPS) is 11.0. The van der Waals surface area contributed by atoms with Crippen LogP contribution in [0.25, 0.3) is 16.7 Å². The van der Waals surface area contributed by atoms with Crippen LogP contribution >= 0.6 is 11.6 Å². The van der Waals surface area contributed by atoms with Crippen molar-refractivity contribution in [2.45, 2.75) is 13.5 Å². The Morgan fingerprint density at radius 1 is 1.24 bits per heavy atom. The Kier molecular flexibility index (Phi) is 4.82. The zero-order valence-corrected chi connectivity index (χ0v) is 16.2. The largest absolute Gasteiger partial charge is 0.506 e. The highest BCUT2D eigenvalue weighted by Crippen LogP contribution is 2.26. The van der Waals surface area contributed by atoms with E-state index in [2.05, 4.69) is 15.4 Å². The lowest BCUT2D eigenvalue weighted by Crippen LogP contribution is -2.29. The van der Waals surface area contributed by atoms with Crippen molar-refractivity contribution in [1.82, 2.24) is 20.1 Å². The molecule has 8 heteroatoms. The maximum atomic E-state index is 12.6. The van der Waals surface area contributed by atoms with E-state index in [0.717, 1.165) is 16.8 Å². The summed E-state index contributed by atoms with van der Waals surface area (Å²) in [5, 5.41) is 18.3. The lowest BCUT2D eigenvalue weighted by molar-refractivity contribution is 0.0947. The van der Waals surface area contributed by atoms with Gasteiger partial charge in [0.2, 0.25) is 0 Å². The number of aromatic amines is 1. The number of nitrogens with zero attached hydrogens (tertiary/aromatic N) is 2. The summed E-state index contributed by atoms with van der Waals surface area (Å²) in [6.45, 7) is 2.11. The summed E-state index contributed by atoms with van der Waals surface area (Å²) >= 11 is 5.94. The molecule has 2 aromatic carbocycles. The monoisotopic (exact) mass is 408 g/mol. The van der Waals surface area contributed by atoms with E-state index >= 15 is 0 Å². The molecule has 0 spiro atoms. The van der Waals surface area contributed by atoms with E-state index in [1.807, 2.05) is 31.2 Å². The van der Waals surface area contributed by atoms with Crippen LogP contribution in [0.2, 0.25) is 5.02 Å². The average molecular weight is 409 g/mol. The molecule has 4 rings (SSSR count). The zero-order chi connectivity index (χ0) is 20.5. The number of aryl methyl sites for hydroxylation is 1. The number of carbonyl (C=O) groups excluding carboxylic acids is 1. The molecule has 1 amide bonds. The first kappa shape index (κ1) is 18.8. The third kappa shape index (κ3) is 3.60. The highest BCUT2D eigenvalue weighted by atomic mass is 35.5. The van der Waals surface area contributed by atoms with Gasteiger partial charge in [0.05, 0.1) is 17.3 Å². The lowest BCUT2D eigenvalue weighted by atomic mass is 10.1. The summed E-state index contributed by atoms with van der Waals surface area (Å²) < 4.78 is 1.51. The smallest absolute Gasteiger partial charge is 0.266 e. The Morgan fingerprint density at radius 2 is 2.03 bits per heavy atom. The molecule has 4 aromatic rings. The molecule has 0 atom stereocenters. The summed E-state index contributed by atoms with van der Waals surface area (Å²) in [5.74, 6) is -1.10. The Hall–Kier alpha value is -3.58. The lowest BCUT2D eigenvalue weighted by Gasteiger charge is -2.08. The third-order valence-electron chi connectivity index (χ3n) is 4.54. The van der Waals surface area contributed by atoms with Crippen molar-refractivity contribution in [2.24, 2.45) is 0 Å². The zero-order valence-electron chi connectivity index (χ0n) is 15.4. The van der Waals surface area contributed by atoms with Crippen LogP contribution in [0.3, 0.4) is 0 Å². The van der Waals surface area contributed by atoms with Gasteiger partial charge in [-0.3, -0.25) is 9.59 Å². The van der Waals surface area contributed by atoms with Crippen LogP contribution in [-0.4, -0.2) is 25.8 Å². The van der Waals surface area contributed by atoms with Gasteiger partial charge in [-0.15, -0.1) is 0 Å². The van der Waals surface area contributed by atoms with Crippen LogP contribution < -0.4 is 10.9 Å². The molecule has 2 aromatic heterocycles. The summed E-state index contributed by atoms with van der Waals surface area (Å²) in [5.41, 5.74) is 1.78. The fourth-order valence-electron chi connectivity index (χ4n) is 3.14. The van der Waals surface area contributed by atoms with Gasteiger partial charge in [-0.05, 0) is 42.3 Å². The van der Waals surface area contributed by atoms with E-state index in [0.29, 0.717) is 10.7 Å². The highest BCUT2D eigenvalue weighted by molar-refractivity contribution is 6.30. The molecular formula is C21H17ClN4O3. The van der Waals surface area contributed by atoms with E-state index < -0.39 is 17.2 Å². The Morgan fingerprint density at radius 3 is 2.79 bits per heavy atom. The summed E-state index contributed by atoms with van der Waals surface area (Å²) in [4.78, 5) is 27.8.